The zero-order valence-corrected chi connectivity index (χ0v) is 16.3. The van der Waals surface area contributed by atoms with E-state index in [1.165, 1.54) is 6.33 Å². The fourth-order valence-corrected chi connectivity index (χ4v) is 3.81. The first-order chi connectivity index (χ1) is 14.8. The zero-order chi connectivity index (χ0) is 22.1. The summed E-state index contributed by atoms with van der Waals surface area (Å²) < 4.78 is 52.4. The molecule has 31 heavy (non-hydrogen) atoms. The first kappa shape index (κ1) is 20.9. The minimum atomic E-state index is -4.54. The third kappa shape index (κ3) is 4.42. The molecule has 4 rings (SSSR count). The number of amides is 1. The molecule has 164 valence electrons. The second-order valence-corrected chi connectivity index (χ2v) is 7.49. The summed E-state index contributed by atoms with van der Waals surface area (Å²) in [6, 6.07) is 0. The topological polar surface area (TPSA) is 110 Å². The van der Waals surface area contributed by atoms with E-state index in [4.69, 9.17) is 0 Å². The van der Waals surface area contributed by atoms with Crippen LogP contribution in [0.5, 0.6) is 0 Å². The number of alkyl halides is 3. The Kier molecular flexibility index (Phi) is 5.46. The average molecular weight is 438 g/mol. The van der Waals surface area contributed by atoms with E-state index in [1.807, 2.05) is 5.32 Å². The van der Waals surface area contributed by atoms with Gasteiger partial charge in [-0.15, -0.1) is 0 Å². The van der Waals surface area contributed by atoms with E-state index in [-0.39, 0.29) is 24.5 Å². The predicted molar refractivity (Wildman–Crippen MR) is 102 cm³/mol. The molecule has 0 saturated heterocycles. The van der Waals surface area contributed by atoms with Crippen molar-refractivity contribution in [1.82, 2.24) is 25.3 Å². The zero-order valence-electron chi connectivity index (χ0n) is 16.3. The third-order valence-electron chi connectivity index (χ3n) is 5.33. The summed E-state index contributed by atoms with van der Waals surface area (Å²) in [5, 5.41) is 5.42. The van der Waals surface area contributed by atoms with Crippen LogP contribution in [0, 0.1) is 5.82 Å². The largest absolute Gasteiger partial charge is 0.405 e. The molecule has 3 aromatic heterocycles. The van der Waals surface area contributed by atoms with Gasteiger partial charge in [0.1, 0.15) is 18.3 Å². The van der Waals surface area contributed by atoms with E-state index in [2.05, 4.69) is 30.2 Å². The molecule has 1 amide bonds. The van der Waals surface area contributed by atoms with Crippen LogP contribution in [0.1, 0.15) is 32.1 Å². The predicted octanol–water partition coefficient (Wildman–Crippen LogP) is 2.77. The van der Waals surface area contributed by atoms with Crippen molar-refractivity contribution in [3.63, 3.8) is 0 Å². The number of nitrogens with zero attached hydrogens (tertiary/aromatic N) is 3. The smallest absolute Gasteiger partial charge is 0.353 e. The molecular formula is C19H20F4N7O+. The van der Waals surface area contributed by atoms with Gasteiger partial charge in [0.15, 0.2) is 17.5 Å². The number of halogens is 4. The Balaban J connectivity index is 1.66. The van der Waals surface area contributed by atoms with Gasteiger partial charge in [-0.25, -0.2) is 19.3 Å². The van der Waals surface area contributed by atoms with Gasteiger partial charge in [-0.05, 0) is 17.8 Å². The Morgan fingerprint density at radius 1 is 1.23 bits per heavy atom. The average Bonchev–Trinajstić information content (AvgIpc) is 3.18. The van der Waals surface area contributed by atoms with Crippen LogP contribution in [0.25, 0.3) is 22.4 Å². The van der Waals surface area contributed by atoms with Crippen molar-refractivity contribution in [2.24, 2.45) is 0 Å². The molecule has 0 bridgehead atoms. The Hall–Kier alpha value is -3.31. The first-order valence-electron chi connectivity index (χ1n) is 9.77. The Morgan fingerprint density at radius 2 is 2.00 bits per heavy atom. The van der Waals surface area contributed by atoms with E-state index >= 15 is 0 Å². The molecule has 0 atom stereocenters. The SMILES string of the molecule is O=C(NCC(F)(F)F)C1(Nc2nc(-c3c[nH]c4nc[nH+]cc34)ncc2F)CCCCC1. The Morgan fingerprint density at radius 3 is 2.74 bits per heavy atom. The number of hydrogen-bond acceptors (Lipinski definition) is 5. The van der Waals surface area contributed by atoms with Gasteiger partial charge in [-0.2, -0.15) is 13.2 Å². The summed E-state index contributed by atoms with van der Waals surface area (Å²) in [5.41, 5.74) is -0.251. The van der Waals surface area contributed by atoms with Crippen LogP contribution in [0.15, 0.2) is 24.9 Å². The van der Waals surface area contributed by atoms with Crippen LogP contribution in [0.3, 0.4) is 0 Å². The van der Waals surface area contributed by atoms with Crippen molar-refractivity contribution in [1.29, 1.82) is 0 Å². The van der Waals surface area contributed by atoms with Crippen molar-refractivity contribution in [3.8, 4) is 11.4 Å². The molecule has 1 saturated carbocycles. The fraction of sp³-hybridized carbons (Fsp3) is 0.421. The lowest BCUT2D eigenvalue weighted by atomic mass is 9.80. The molecule has 3 heterocycles. The lowest BCUT2D eigenvalue weighted by Crippen LogP contribution is -2.55. The molecule has 12 heteroatoms. The molecule has 8 nitrogen and oxygen atoms in total. The van der Waals surface area contributed by atoms with E-state index in [1.54, 1.807) is 12.4 Å². The molecule has 1 aliphatic carbocycles. The lowest BCUT2D eigenvalue weighted by Gasteiger charge is -2.37. The van der Waals surface area contributed by atoms with Crippen LogP contribution in [0.2, 0.25) is 0 Å². The van der Waals surface area contributed by atoms with Gasteiger partial charge in [0.05, 0.1) is 17.1 Å². The minimum absolute atomic E-state index is 0.179. The lowest BCUT2D eigenvalue weighted by molar-refractivity contribution is -0.380. The second kappa shape index (κ2) is 8.08. The van der Waals surface area contributed by atoms with Gasteiger partial charge < -0.3 is 15.6 Å². The molecule has 1 fully saturated rings. The molecule has 4 N–H and O–H groups in total. The van der Waals surface area contributed by atoms with Crippen molar-refractivity contribution < 1.29 is 27.3 Å². The maximum Gasteiger partial charge on any atom is 0.405 e. The third-order valence-corrected chi connectivity index (χ3v) is 5.33. The maximum atomic E-state index is 14.6. The van der Waals surface area contributed by atoms with Gasteiger partial charge in [0, 0.05) is 6.20 Å². The van der Waals surface area contributed by atoms with Crippen LogP contribution in [-0.4, -0.2) is 44.1 Å². The van der Waals surface area contributed by atoms with E-state index in [9.17, 15) is 22.4 Å². The normalized spacial score (nSPS) is 16.3. The van der Waals surface area contributed by atoms with Crippen LogP contribution >= 0.6 is 0 Å². The molecule has 0 radical (unpaired) electrons. The van der Waals surface area contributed by atoms with Gasteiger partial charge in [-0.3, -0.25) is 4.79 Å². The summed E-state index contributed by atoms with van der Waals surface area (Å²) in [7, 11) is 0. The Bertz CT molecular complexity index is 1090. The number of rotatable bonds is 5. The summed E-state index contributed by atoms with van der Waals surface area (Å²) in [5.74, 6) is -1.69. The number of anilines is 1. The monoisotopic (exact) mass is 438 g/mol. The summed E-state index contributed by atoms with van der Waals surface area (Å²) in [6.07, 6.45) is 3.83. The minimum Gasteiger partial charge on any atom is -0.353 e. The van der Waals surface area contributed by atoms with Gasteiger partial charge >= 0.3 is 6.18 Å². The highest BCUT2D eigenvalue weighted by molar-refractivity contribution is 5.91. The van der Waals surface area contributed by atoms with Crippen molar-refractivity contribution in [3.05, 3.63) is 30.7 Å². The summed E-state index contributed by atoms with van der Waals surface area (Å²) in [6.45, 7) is -1.45. The molecule has 0 aromatic carbocycles. The van der Waals surface area contributed by atoms with Gasteiger partial charge in [-0.1, -0.05) is 19.3 Å². The molecule has 0 aliphatic heterocycles. The molecule has 0 unspecified atom stereocenters. The first-order valence-corrected chi connectivity index (χ1v) is 9.77. The van der Waals surface area contributed by atoms with E-state index in [0.717, 1.165) is 12.6 Å². The number of carbonyl (C=O) groups is 1. The number of H-pyrrole nitrogens is 2. The fourth-order valence-electron chi connectivity index (χ4n) is 3.81. The number of aromatic amines is 2. The van der Waals surface area contributed by atoms with Crippen molar-refractivity contribution >= 4 is 22.8 Å². The number of fused-ring (bicyclic) bond motifs is 1. The second-order valence-electron chi connectivity index (χ2n) is 7.49. The highest BCUT2D eigenvalue weighted by atomic mass is 19.4. The van der Waals surface area contributed by atoms with Crippen LogP contribution < -0.4 is 15.6 Å². The maximum absolute atomic E-state index is 14.6. The number of hydrogen-bond donors (Lipinski definition) is 3. The van der Waals surface area contributed by atoms with Gasteiger partial charge in [0.2, 0.25) is 5.91 Å². The van der Waals surface area contributed by atoms with E-state index < -0.39 is 30.0 Å². The van der Waals surface area contributed by atoms with Crippen molar-refractivity contribution in [2.45, 2.75) is 43.8 Å². The quantitative estimate of drug-likeness (QED) is 0.531. The summed E-state index contributed by atoms with van der Waals surface area (Å²) in [4.78, 5) is 30.9. The standard InChI is InChI=1S/C19H19F4N7O/c20-13-8-26-15(12-7-25-14-11(12)6-24-10-28-14)29-16(13)30-18(4-2-1-3-5-18)17(31)27-9-19(21,22)23/h6-8,10H,1-5,9H2,(H,27,31)(H,24,25,28)(H,26,29,30)/p+1. The molecular weight excluding hydrogens is 418 g/mol. The van der Waals surface area contributed by atoms with Gasteiger partial charge in [0.25, 0.3) is 12.0 Å². The van der Waals surface area contributed by atoms with Crippen LogP contribution in [-0.2, 0) is 4.79 Å². The van der Waals surface area contributed by atoms with Crippen LogP contribution in [0.4, 0.5) is 23.4 Å². The molecule has 0 spiro atoms. The number of nitrogens with one attached hydrogen (secondary N) is 4. The highest BCUT2D eigenvalue weighted by Crippen LogP contribution is 2.33. The number of carbonyl (C=O) groups excluding carboxylic acids is 1. The molecule has 1 aliphatic rings. The van der Waals surface area contributed by atoms with E-state index in [0.29, 0.717) is 29.4 Å². The van der Waals surface area contributed by atoms with Crippen molar-refractivity contribution in [2.75, 3.05) is 11.9 Å². The highest BCUT2D eigenvalue weighted by Gasteiger charge is 2.42. The number of aromatic nitrogens is 5. The Labute approximate surface area is 173 Å². The molecule has 3 aromatic rings. The summed E-state index contributed by atoms with van der Waals surface area (Å²) >= 11 is 0.